The second kappa shape index (κ2) is 3.05. The summed E-state index contributed by atoms with van der Waals surface area (Å²) >= 11 is 6.03. The van der Waals surface area contributed by atoms with Gasteiger partial charge in [0.15, 0.2) is 0 Å². The van der Waals surface area contributed by atoms with Crippen LogP contribution in [0.3, 0.4) is 0 Å². The molecular formula is C10H10ClNO. The van der Waals surface area contributed by atoms with Crippen molar-refractivity contribution in [1.82, 2.24) is 0 Å². The molecule has 0 bridgehead atoms. The summed E-state index contributed by atoms with van der Waals surface area (Å²) in [4.78, 5) is 0. The van der Waals surface area contributed by atoms with Crippen LogP contribution < -0.4 is 5.06 Å². The highest BCUT2D eigenvalue weighted by Gasteiger charge is 2.20. The molecule has 0 radical (unpaired) electrons. The minimum absolute atomic E-state index is 0.0672. The quantitative estimate of drug-likeness (QED) is 0.688. The SMILES string of the molecule is CC1C=C(Cl)c2ccccc2N1O. The lowest BCUT2D eigenvalue weighted by Crippen LogP contribution is -2.30. The fraction of sp³-hybridized carbons (Fsp3) is 0.200. The van der Waals surface area contributed by atoms with Gasteiger partial charge < -0.3 is 0 Å². The van der Waals surface area contributed by atoms with Gasteiger partial charge in [-0.15, -0.1) is 0 Å². The molecular weight excluding hydrogens is 186 g/mol. The van der Waals surface area contributed by atoms with Crippen molar-refractivity contribution in [1.29, 1.82) is 0 Å². The minimum atomic E-state index is -0.0672. The maximum absolute atomic E-state index is 9.68. The standard InChI is InChI=1S/C10H10ClNO/c1-7-6-9(11)8-4-2-3-5-10(8)12(7)13/h2-7,13H,1H3. The number of hydrogen-bond acceptors (Lipinski definition) is 2. The van der Waals surface area contributed by atoms with E-state index in [2.05, 4.69) is 0 Å². The molecule has 1 aromatic rings. The van der Waals surface area contributed by atoms with Crippen LogP contribution in [0.15, 0.2) is 30.3 Å². The molecule has 0 aromatic heterocycles. The Labute approximate surface area is 82.0 Å². The van der Waals surface area contributed by atoms with Gasteiger partial charge in [-0.2, -0.15) is 0 Å². The summed E-state index contributed by atoms with van der Waals surface area (Å²) < 4.78 is 0. The lowest BCUT2D eigenvalue weighted by Gasteiger charge is -2.28. The van der Waals surface area contributed by atoms with Crippen molar-refractivity contribution in [2.75, 3.05) is 5.06 Å². The molecule has 13 heavy (non-hydrogen) atoms. The summed E-state index contributed by atoms with van der Waals surface area (Å²) in [6.07, 6.45) is 1.82. The van der Waals surface area contributed by atoms with E-state index in [-0.39, 0.29) is 6.04 Å². The van der Waals surface area contributed by atoms with Crippen molar-refractivity contribution in [3.8, 4) is 0 Å². The van der Waals surface area contributed by atoms with Gasteiger partial charge >= 0.3 is 0 Å². The number of rotatable bonds is 0. The summed E-state index contributed by atoms with van der Waals surface area (Å²) in [6, 6.07) is 7.45. The molecule has 0 spiro atoms. The lowest BCUT2D eigenvalue weighted by atomic mass is 10.1. The van der Waals surface area contributed by atoms with Gasteiger partial charge in [0.1, 0.15) is 0 Å². The van der Waals surface area contributed by atoms with E-state index >= 15 is 0 Å². The topological polar surface area (TPSA) is 23.5 Å². The van der Waals surface area contributed by atoms with E-state index in [9.17, 15) is 5.21 Å². The molecule has 1 unspecified atom stereocenters. The third kappa shape index (κ3) is 1.32. The summed E-state index contributed by atoms with van der Waals surface area (Å²) in [5.41, 5.74) is 1.65. The first kappa shape index (κ1) is 8.60. The van der Waals surface area contributed by atoms with Crippen LogP contribution in [0.1, 0.15) is 12.5 Å². The molecule has 1 aliphatic rings. The Balaban J connectivity index is 2.58. The minimum Gasteiger partial charge on any atom is -0.288 e. The van der Waals surface area contributed by atoms with Crippen molar-refractivity contribution >= 4 is 22.3 Å². The first-order valence-corrected chi connectivity index (χ1v) is 4.53. The number of nitrogens with zero attached hydrogens (tertiary/aromatic N) is 1. The van der Waals surface area contributed by atoms with Gasteiger partial charge in [0.05, 0.1) is 11.7 Å². The van der Waals surface area contributed by atoms with Crippen molar-refractivity contribution in [2.45, 2.75) is 13.0 Å². The lowest BCUT2D eigenvalue weighted by molar-refractivity contribution is 0.237. The first-order valence-electron chi connectivity index (χ1n) is 4.15. The van der Waals surface area contributed by atoms with Crippen LogP contribution in [0, 0.1) is 0 Å². The molecule has 1 atom stereocenters. The zero-order valence-electron chi connectivity index (χ0n) is 7.24. The van der Waals surface area contributed by atoms with E-state index < -0.39 is 0 Å². The molecule has 1 N–H and O–H groups in total. The van der Waals surface area contributed by atoms with Gasteiger partial charge in [-0.05, 0) is 19.1 Å². The molecule has 0 saturated carbocycles. The average molecular weight is 196 g/mol. The van der Waals surface area contributed by atoms with Gasteiger partial charge in [0.25, 0.3) is 0 Å². The number of benzene rings is 1. The highest BCUT2D eigenvalue weighted by atomic mass is 35.5. The molecule has 0 amide bonds. The van der Waals surface area contributed by atoms with Crippen molar-refractivity contribution in [3.63, 3.8) is 0 Å². The van der Waals surface area contributed by atoms with Gasteiger partial charge in [-0.3, -0.25) is 5.21 Å². The molecule has 1 heterocycles. The molecule has 3 heteroatoms. The highest BCUT2D eigenvalue weighted by molar-refractivity contribution is 6.49. The fourth-order valence-corrected chi connectivity index (χ4v) is 1.81. The van der Waals surface area contributed by atoms with Crippen LogP contribution in [-0.2, 0) is 0 Å². The Morgan fingerprint density at radius 2 is 2.08 bits per heavy atom. The third-order valence-corrected chi connectivity index (χ3v) is 2.51. The largest absolute Gasteiger partial charge is 0.288 e. The molecule has 68 valence electrons. The number of halogens is 1. The number of para-hydroxylation sites is 1. The summed E-state index contributed by atoms with van der Waals surface area (Å²) in [5.74, 6) is 0. The molecule has 1 aromatic carbocycles. The van der Waals surface area contributed by atoms with E-state index in [1.807, 2.05) is 37.3 Å². The van der Waals surface area contributed by atoms with Gasteiger partial charge in [-0.25, -0.2) is 5.06 Å². The van der Waals surface area contributed by atoms with E-state index in [0.29, 0.717) is 5.03 Å². The van der Waals surface area contributed by atoms with Crippen molar-refractivity contribution in [2.24, 2.45) is 0 Å². The van der Waals surface area contributed by atoms with Crippen LogP contribution in [0.5, 0.6) is 0 Å². The maximum atomic E-state index is 9.68. The van der Waals surface area contributed by atoms with E-state index in [1.165, 1.54) is 5.06 Å². The Morgan fingerprint density at radius 1 is 1.38 bits per heavy atom. The number of hydroxylamine groups is 1. The van der Waals surface area contributed by atoms with Gasteiger partial charge in [0.2, 0.25) is 0 Å². The van der Waals surface area contributed by atoms with Crippen molar-refractivity contribution in [3.05, 3.63) is 35.9 Å². The zero-order valence-corrected chi connectivity index (χ0v) is 7.99. The Kier molecular flexibility index (Phi) is 2.02. The zero-order chi connectivity index (χ0) is 9.42. The van der Waals surface area contributed by atoms with E-state index in [1.54, 1.807) is 0 Å². The smallest absolute Gasteiger partial charge is 0.0733 e. The number of anilines is 1. The first-order chi connectivity index (χ1) is 6.20. The maximum Gasteiger partial charge on any atom is 0.0733 e. The van der Waals surface area contributed by atoms with E-state index in [4.69, 9.17) is 11.6 Å². The Bertz CT molecular complexity index is 362. The average Bonchev–Trinajstić information content (AvgIpc) is 2.15. The molecule has 2 nitrogen and oxygen atoms in total. The number of fused-ring (bicyclic) bond motifs is 1. The monoisotopic (exact) mass is 195 g/mol. The summed E-state index contributed by atoms with van der Waals surface area (Å²) in [5, 5.41) is 11.6. The third-order valence-electron chi connectivity index (χ3n) is 2.18. The molecule has 1 aliphatic heterocycles. The molecule has 0 fully saturated rings. The normalized spacial score (nSPS) is 21.0. The van der Waals surface area contributed by atoms with Crippen LogP contribution in [0.25, 0.3) is 5.03 Å². The Morgan fingerprint density at radius 3 is 2.85 bits per heavy atom. The van der Waals surface area contributed by atoms with Gasteiger partial charge in [0, 0.05) is 10.6 Å². The number of hydrogen-bond donors (Lipinski definition) is 1. The molecule has 2 rings (SSSR count). The second-order valence-electron chi connectivity index (χ2n) is 3.12. The second-order valence-corrected chi connectivity index (χ2v) is 3.52. The molecule has 0 saturated heterocycles. The van der Waals surface area contributed by atoms with Crippen molar-refractivity contribution < 1.29 is 5.21 Å². The predicted molar refractivity (Wildman–Crippen MR) is 54.0 cm³/mol. The van der Waals surface area contributed by atoms with Crippen LogP contribution in [-0.4, -0.2) is 11.2 Å². The highest BCUT2D eigenvalue weighted by Crippen LogP contribution is 2.34. The van der Waals surface area contributed by atoms with Crippen LogP contribution in [0.4, 0.5) is 5.69 Å². The summed E-state index contributed by atoms with van der Waals surface area (Å²) in [6.45, 7) is 1.89. The fourth-order valence-electron chi connectivity index (χ4n) is 1.47. The van der Waals surface area contributed by atoms with Crippen LogP contribution >= 0.6 is 11.6 Å². The van der Waals surface area contributed by atoms with Gasteiger partial charge in [-0.1, -0.05) is 29.8 Å². The molecule has 0 aliphatic carbocycles. The summed E-state index contributed by atoms with van der Waals surface area (Å²) in [7, 11) is 0. The van der Waals surface area contributed by atoms with E-state index in [0.717, 1.165) is 11.3 Å². The van der Waals surface area contributed by atoms with Crippen LogP contribution in [0.2, 0.25) is 0 Å². The Hall–Kier alpha value is -0.990. The predicted octanol–water partition coefficient (Wildman–Crippen LogP) is 2.86.